The summed E-state index contributed by atoms with van der Waals surface area (Å²) in [6.45, 7) is 0. The molecule has 1 rings (SSSR count). The van der Waals surface area contributed by atoms with Gasteiger partial charge in [0.2, 0.25) is 0 Å². The van der Waals surface area contributed by atoms with E-state index < -0.39 is 0 Å². The van der Waals surface area contributed by atoms with Crippen molar-refractivity contribution in [2.24, 2.45) is 0 Å². The Morgan fingerprint density at radius 2 is 0.409 bits per heavy atom. The molecule has 0 aromatic rings. The minimum Gasteiger partial charge on any atom is -0.103 e. The molecule has 0 spiro atoms. The molecule has 0 aromatic heterocycles. The summed E-state index contributed by atoms with van der Waals surface area (Å²) < 4.78 is 0. The van der Waals surface area contributed by atoms with Crippen molar-refractivity contribution in [3.05, 3.63) is 0 Å². The van der Waals surface area contributed by atoms with Gasteiger partial charge in [0.15, 0.2) is 0 Å². The Labute approximate surface area is 139 Å². The van der Waals surface area contributed by atoms with Crippen LogP contribution in [0.2, 0.25) is 0 Å². The fourth-order valence-corrected chi connectivity index (χ4v) is 2.97. The van der Waals surface area contributed by atoms with E-state index in [4.69, 9.17) is 0 Å². The third-order valence-electron chi connectivity index (χ3n) is 4.46. The van der Waals surface area contributed by atoms with Gasteiger partial charge in [-0.25, -0.2) is 0 Å². The molecule has 0 saturated heterocycles. The van der Waals surface area contributed by atoms with E-state index >= 15 is 0 Å². The van der Waals surface area contributed by atoms with Gasteiger partial charge in [-0.15, -0.1) is 23.7 Å². The molecule has 0 heterocycles. The molecule has 0 N–H and O–H groups in total. The van der Waals surface area contributed by atoms with E-state index in [0.717, 1.165) is 25.7 Å². The molecule has 0 amide bonds. The van der Waals surface area contributed by atoms with E-state index in [0.29, 0.717) is 0 Å². The van der Waals surface area contributed by atoms with Crippen molar-refractivity contribution in [3.8, 4) is 23.7 Å². The van der Waals surface area contributed by atoms with Gasteiger partial charge < -0.3 is 0 Å². The molecule has 0 radical (unpaired) electrons. The van der Waals surface area contributed by atoms with Crippen LogP contribution in [0.25, 0.3) is 0 Å². The van der Waals surface area contributed by atoms with E-state index in [1.54, 1.807) is 0 Å². The highest BCUT2D eigenvalue weighted by atomic mass is 14.0. The smallest absolute Gasteiger partial charge is 0.00886 e. The van der Waals surface area contributed by atoms with Crippen LogP contribution in [-0.2, 0) is 0 Å². The van der Waals surface area contributed by atoms with Gasteiger partial charge in [0.05, 0.1) is 0 Å². The van der Waals surface area contributed by atoms with Crippen LogP contribution in [-0.4, -0.2) is 0 Å². The zero-order valence-electron chi connectivity index (χ0n) is 14.7. The molecular formula is C22H36. The van der Waals surface area contributed by atoms with E-state index in [1.165, 1.54) is 89.9 Å². The zero-order valence-corrected chi connectivity index (χ0v) is 14.7. The predicted octanol–water partition coefficient (Wildman–Crippen LogP) is 7.03. The highest BCUT2D eigenvalue weighted by Gasteiger charge is 1.93. The molecule has 124 valence electrons. The standard InChI is InChI=1S/C22H36/c1-2-4-6-8-10-12-14-16-18-20-22-21-19-17-15-13-11-9-7-5-3-1/h1-9,14-22H2. The molecule has 0 nitrogen and oxygen atoms in total. The summed E-state index contributed by atoms with van der Waals surface area (Å²) in [5.74, 6) is 13.4. The van der Waals surface area contributed by atoms with Crippen LogP contribution in [0.15, 0.2) is 0 Å². The van der Waals surface area contributed by atoms with Crippen LogP contribution in [0.4, 0.5) is 0 Å². The van der Waals surface area contributed by atoms with Crippen molar-refractivity contribution in [2.75, 3.05) is 0 Å². The summed E-state index contributed by atoms with van der Waals surface area (Å²) in [5.41, 5.74) is 0. The lowest BCUT2D eigenvalue weighted by Gasteiger charge is -2.00. The summed E-state index contributed by atoms with van der Waals surface area (Å²) in [6.07, 6.45) is 23.6. The van der Waals surface area contributed by atoms with Crippen molar-refractivity contribution < 1.29 is 0 Å². The van der Waals surface area contributed by atoms with E-state index in [9.17, 15) is 0 Å². The van der Waals surface area contributed by atoms with Crippen LogP contribution in [0.3, 0.4) is 0 Å². The molecule has 0 aromatic carbocycles. The van der Waals surface area contributed by atoms with Crippen molar-refractivity contribution in [1.29, 1.82) is 0 Å². The van der Waals surface area contributed by atoms with Crippen LogP contribution in [0.5, 0.6) is 0 Å². The van der Waals surface area contributed by atoms with E-state index in [1.807, 2.05) is 0 Å². The van der Waals surface area contributed by atoms with Gasteiger partial charge in [0.25, 0.3) is 0 Å². The third kappa shape index (κ3) is 14.1. The topological polar surface area (TPSA) is 0 Å². The first kappa shape index (κ1) is 19.2. The van der Waals surface area contributed by atoms with Crippen LogP contribution < -0.4 is 0 Å². The Morgan fingerprint density at radius 1 is 0.227 bits per heavy atom. The molecule has 0 unspecified atom stereocenters. The second-order valence-electron chi connectivity index (χ2n) is 6.66. The molecule has 0 heteroatoms. The lowest BCUT2D eigenvalue weighted by Crippen LogP contribution is -1.82. The first-order chi connectivity index (χ1) is 11.0. The maximum Gasteiger partial charge on any atom is 0.00886 e. The third-order valence-corrected chi connectivity index (χ3v) is 4.46. The van der Waals surface area contributed by atoms with Crippen molar-refractivity contribution in [1.82, 2.24) is 0 Å². The molecule has 22 heavy (non-hydrogen) atoms. The van der Waals surface area contributed by atoms with Crippen LogP contribution in [0, 0.1) is 23.7 Å². The fraction of sp³-hybridized carbons (Fsp3) is 0.818. The minimum atomic E-state index is 1.12. The monoisotopic (exact) mass is 300 g/mol. The maximum absolute atomic E-state index is 3.36. The lowest BCUT2D eigenvalue weighted by atomic mass is 10.1. The second-order valence-corrected chi connectivity index (χ2v) is 6.66. The maximum atomic E-state index is 3.36. The number of hydrogen-bond donors (Lipinski definition) is 0. The van der Waals surface area contributed by atoms with Gasteiger partial charge in [0, 0.05) is 25.7 Å². The summed E-state index contributed by atoms with van der Waals surface area (Å²) >= 11 is 0. The Hall–Kier alpha value is -0.880. The summed E-state index contributed by atoms with van der Waals surface area (Å²) in [4.78, 5) is 0. The number of hydrogen-bond acceptors (Lipinski definition) is 0. The summed E-state index contributed by atoms with van der Waals surface area (Å²) in [7, 11) is 0. The van der Waals surface area contributed by atoms with Gasteiger partial charge in [0.1, 0.15) is 0 Å². The fourth-order valence-electron chi connectivity index (χ4n) is 2.97. The van der Waals surface area contributed by atoms with Crippen molar-refractivity contribution in [2.45, 2.75) is 116 Å². The van der Waals surface area contributed by atoms with Crippen LogP contribution in [0.1, 0.15) is 116 Å². The van der Waals surface area contributed by atoms with Gasteiger partial charge in [-0.05, 0) is 25.7 Å². The molecule has 0 saturated carbocycles. The van der Waals surface area contributed by atoms with Gasteiger partial charge in [-0.1, -0.05) is 64.2 Å². The normalized spacial score (nSPS) is 21.1. The Kier molecular flexibility index (Phi) is 14.4. The largest absolute Gasteiger partial charge is 0.103 e. The van der Waals surface area contributed by atoms with Crippen LogP contribution >= 0.6 is 0 Å². The molecule has 0 aliphatic heterocycles. The van der Waals surface area contributed by atoms with Gasteiger partial charge in [-0.3, -0.25) is 0 Å². The van der Waals surface area contributed by atoms with E-state index in [2.05, 4.69) is 23.7 Å². The SMILES string of the molecule is C1#CCCCCCCCCCC#CCCCCCCCCC1. The molecule has 0 atom stereocenters. The predicted molar refractivity (Wildman–Crippen MR) is 98.7 cm³/mol. The highest BCUT2D eigenvalue weighted by molar-refractivity contribution is 4.99. The average molecular weight is 301 g/mol. The minimum absolute atomic E-state index is 1.12. The summed E-state index contributed by atoms with van der Waals surface area (Å²) in [6, 6.07) is 0. The van der Waals surface area contributed by atoms with Crippen molar-refractivity contribution in [3.63, 3.8) is 0 Å². The Bertz CT molecular complexity index is 280. The number of rotatable bonds is 0. The molecule has 1 aliphatic carbocycles. The van der Waals surface area contributed by atoms with Gasteiger partial charge in [-0.2, -0.15) is 0 Å². The first-order valence-electron chi connectivity index (χ1n) is 9.91. The van der Waals surface area contributed by atoms with Crippen molar-refractivity contribution >= 4 is 0 Å². The van der Waals surface area contributed by atoms with E-state index in [-0.39, 0.29) is 0 Å². The Morgan fingerprint density at radius 3 is 0.636 bits per heavy atom. The zero-order chi connectivity index (χ0) is 15.6. The summed E-state index contributed by atoms with van der Waals surface area (Å²) in [5, 5.41) is 0. The Balaban J connectivity index is 2.13. The molecular weight excluding hydrogens is 264 g/mol. The highest BCUT2D eigenvalue weighted by Crippen LogP contribution is 2.11. The average Bonchev–Trinajstić information content (AvgIpc) is 2.53. The quantitative estimate of drug-likeness (QED) is 0.421. The lowest BCUT2D eigenvalue weighted by molar-refractivity contribution is 0.583. The first-order valence-corrected chi connectivity index (χ1v) is 9.91. The molecule has 0 bridgehead atoms. The second kappa shape index (κ2) is 16.5. The molecule has 0 fully saturated rings. The molecule has 1 aliphatic rings. The van der Waals surface area contributed by atoms with Gasteiger partial charge >= 0.3 is 0 Å².